The Kier molecular flexibility index (Phi) is 4.26. The van der Waals surface area contributed by atoms with Gasteiger partial charge in [-0.05, 0) is 12.1 Å². The molecule has 20 heavy (non-hydrogen) atoms. The van der Waals surface area contributed by atoms with E-state index in [1.165, 1.54) is 6.20 Å². The molecule has 0 atom stereocenters. The highest BCUT2D eigenvalue weighted by molar-refractivity contribution is 6.33. The predicted octanol–water partition coefficient (Wildman–Crippen LogP) is 1.18. The maximum absolute atomic E-state index is 11.5. The smallest absolute Gasteiger partial charge is 0.252 e. The molecule has 1 amide bonds. The Labute approximate surface area is 121 Å². The van der Waals surface area contributed by atoms with Gasteiger partial charge in [0.25, 0.3) is 5.91 Å². The number of hydrogen-bond acceptors (Lipinski definition) is 4. The first-order chi connectivity index (χ1) is 9.56. The molecule has 1 aromatic carbocycles. The molecule has 6 nitrogen and oxygen atoms in total. The minimum atomic E-state index is -0.572. The van der Waals surface area contributed by atoms with Crippen LogP contribution in [0.4, 0.5) is 0 Å². The summed E-state index contributed by atoms with van der Waals surface area (Å²) in [5, 5.41) is 4.54. The molecule has 106 valence electrons. The second-order valence-electron chi connectivity index (χ2n) is 4.15. The number of carbonyl (C=O) groups excluding carboxylic acids is 1. The van der Waals surface area contributed by atoms with Gasteiger partial charge in [0.15, 0.2) is 0 Å². The zero-order valence-corrected chi connectivity index (χ0v) is 11.7. The van der Waals surface area contributed by atoms with Crippen molar-refractivity contribution in [3.63, 3.8) is 0 Å². The third-order valence-electron chi connectivity index (χ3n) is 2.79. The molecule has 0 spiro atoms. The Hall–Kier alpha value is -2.05. The molecule has 4 N–H and O–H groups in total. The highest BCUT2D eigenvalue weighted by Gasteiger charge is 2.19. The summed E-state index contributed by atoms with van der Waals surface area (Å²) in [6.45, 7) is 0.596. The summed E-state index contributed by atoms with van der Waals surface area (Å²) in [6, 6.07) is 5.11. The molecular weight excluding hydrogens is 280 g/mol. The molecule has 0 saturated carbocycles. The lowest BCUT2D eigenvalue weighted by Crippen LogP contribution is -2.17. The van der Waals surface area contributed by atoms with E-state index in [1.807, 2.05) is 0 Å². The van der Waals surface area contributed by atoms with Crippen molar-refractivity contribution >= 4 is 17.5 Å². The number of rotatable bonds is 5. The fraction of sp³-hybridized carbons (Fsp3) is 0.231. The van der Waals surface area contributed by atoms with Crippen LogP contribution >= 0.6 is 11.6 Å². The molecule has 2 rings (SSSR count). The van der Waals surface area contributed by atoms with Gasteiger partial charge in [-0.1, -0.05) is 17.7 Å². The van der Waals surface area contributed by atoms with Crippen LogP contribution < -0.4 is 16.2 Å². The van der Waals surface area contributed by atoms with Crippen molar-refractivity contribution in [3.05, 3.63) is 35.0 Å². The van der Waals surface area contributed by atoms with Crippen LogP contribution in [0, 0.1) is 0 Å². The monoisotopic (exact) mass is 294 g/mol. The van der Waals surface area contributed by atoms with Crippen molar-refractivity contribution in [1.29, 1.82) is 0 Å². The second-order valence-corrected chi connectivity index (χ2v) is 4.56. The Morgan fingerprint density at radius 2 is 2.25 bits per heavy atom. The van der Waals surface area contributed by atoms with Gasteiger partial charge < -0.3 is 16.2 Å². The molecule has 7 heteroatoms. The first kappa shape index (κ1) is 14.4. The number of amides is 1. The van der Waals surface area contributed by atoms with E-state index in [4.69, 9.17) is 27.8 Å². The fourth-order valence-electron chi connectivity index (χ4n) is 1.95. The summed E-state index contributed by atoms with van der Waals surface area (Å²) >= 11 is 6.14. The number of nitrogens with zero attached hydrogens (tertiary/aromatic N) is 2. The van der Waals surface area contributed by atoms with Crippen LogP contribution in [0.25, 0.3) is 11.3 Å². The number of primary amides is 1. The number of nitrogens with two attached hydrogens (primary N) is 2. The molecule has 0 aliphatic carbocycles. The standard InChI is InChI=1S/C13H15ClN4O2/c1-18-11(10(14)7-17-18)8-3-2-4-9(13(16)19)12(8)20-6-5-15/h2-4,7H,5-6,15H2,1H3,(H2,16,19). The predicted molar refractivity (Wildman–Crippen MR) is 76.7 cm³/mol. The van der Waals surface area contributed by atoms with Crippen LogP contribution in [0.1, 0.15) is 10.4 Å². The molecular formula is C13H15ClN4O2. The summed E-state index contributed by atoms with van der Waals surface area (Å²) in [4.78, 5) is 11.5. The first-order valence-electron chi connectivity index (χ1n) is 5.99. The Morgan fingerprint density at radius 1 is 1.50 bits per heavy atom. The van der Waals surface area contributed by atoms with Crippen molar-refractivity contribution < 1.29 is 9.53 Å². The van der Waals surface area contributed by atoms with Crippen LogP contribution in [-0.4, -0.2) is 28.8 Å². The van der Waals surface area contributed by atoms with E-state index in [-0.39, 0.29) is 12.2 Å². The van der Waals surface area contributed by atoms with Gasteiger partial charge in [0.2, 0.25) is 0 Å². The van der Waals surface area contributed by atoms with E-state index in [0.717, 1.165) is 0 Å². The molecule has 0 aliphatic heterocycles. The summed E-state index contributed by atoms with van der Waals surface area (Å²) in [5.41, 5.74) is 12.4. The number of benzene rings is 1. The van der Waals surface area contributed by atoms with Crippen molar-refractivity contribution in [2.24, 2.45) is 18.5 Å². The topological polar surface area (TPSA) is 96.2 Å². The van der Waals surface area contributed by atoms with Crippen molar-refractivity contribution in [2.45, 2.75) is 0 Å². The molecule has 0 saturated heterocycles. The van der Waals surface area contributed by atoms with Crippen molar-refractivity contribution in [3.8, 4) is 17.0 Å². The number of halogens is 1. The van der Waals surface area contributed by atoms with Crippen LogP contribution in [0.2, 0.25) is 5.02 Å². The normalized spacial score (nSPS) is 10.6. The Morgan fingerprint density at radius 3 is 2.80 bits per heavy atom. The number of ether oxygens (including phenoxy) is 1. The Balaban J connectivity index is 2.63. The molecule has 0 bridgehead atoms. The van der Waals surface area contributed by atoms with Crippen molar-refractivity contribution in [1.82, 2.24) is 9.78 Å². The van der Waals surface area contributed by atoms with Gasteiger partial charge in [-0.3, -0.25) is 9.48 Å². The van der Waals surface area contributed by atoms with Gasteiger partial charge in [0.1, 0.15) is 12.4 Å². The third-order valence-corrected chi connectivity index (χ3v) is 3.07. The number of hydrogen-bond donors (Lipinski definition) is 2. The quantitative estimate of drug-likeness (QED) is 0.865. The zero-order valence-electron chi connectivity index (χ0n) is 11.0. The van der Waals surface area contributed by atoms with Gasteiger partial charge in [0, 0.05) is 19.2 Å². The molecule has 0 radical (unpaired) electrons. The van der Waals surface area contributed by atoms with Crippen LogP contribution in [0.15, 0.2) is 24.4 Å². The van der Waals surface area contributed by atoms with Crippen LogP contribution in [0.3, 0.4) is 0 Å². The minimum absolute atomic E-state index is 0.271. The van der Waals surface area contributed by atoms with Gasteiger partial charge >= 0.3 is 0 Å². The van der Waals surface area contributed by atoms with Gasteiger partial charge in [-0.2, -0.15) is 5.10 Å². The SMILES string of the molecule is Cn1ncc(Cl)c1-c1cccc(C(N)=O)c1OCCN. The lowest BCUT2D eigenvalue weighted by atomic mass is 10.1. The van der Waals surface area contributed by atoms with Gasteiger partial charge in [0.05, 0.1) is 22.5 Å². The molecule has 1 aromatic heterocycles. The van der Waals surface area contributed by atoms with Crippen LogP contribution in [-0.2, 0) is 7.05 Å². The van der Waals surface area contributed by atoms with Gasteiger partial charge in [-0.15, -0.1) is 0 Å². The third kappa shape index (κ3) is 2.61. The molecule has 0 unspecified atom stereocenters. The number of carbonyl (C=O) groups is 1. The highest BCUT2D eigenvalue weighted by Crippen LogP contribution is 2.36. The lowest BCUT2D eigenvalue weighted by Gasteiger charge is -2.14. The molecule has 0 aliphatic rings. The van der Waals surface area contributed by atoms with Gasteiger partial charge in [-0.25, -0.2) is 0 Å². The minimum Gasteiger partial charge on any atom is -0.491 e. The van der Waals surface area contributed by atoms with Crippen LogP contribution in [0.5, 0.6) is 5.75 Å². The number of aromatic nitrogens is 2. The van der Waals surface area contributed by atoms with E-state index < -0.39 is 5.91 Å². The summed E-state index contributed by atoms with van der Waals surface area (Å²) in [7, 11) is 1.75. The zero-order chi connectivity index (χ0) is 14.7. The summed E-state index contributed by atoms with van der Waals surface area (Å²) in [5.74, 6) is -0.201. The maximum Gasteiger partial charge on any atom is 0.252 e. The van der Waals surface area contributed by atoms with E-state index >= 15 is 0 Å². The molecule has 0 fully saturated rings. The van der Waals surface area contributed by atoms with E-state index in [2.05, 4.69) is 5.10 Å². The number of aryl methyl sites for hydroxylation is 1. The summed E-state index contributed by atoms with van der Waals surface area (Å²) < 4.78 is 7.20. The van der Waals surface area contributed by atoms with E-state index in [1.54, 1.807) is 29.9 Å². The first-order valence-corrected chi connectivity index (χ1v) is 6.37. The number of para-hydroxylation sites is 1. The largest absolute Gasteiger partial charge is 0.491 e. The average molecular weight is 295 g/mol. The highest BCUT2D eigenvalue weighted by atomic mass is 35.5. The molecule has 2 aromatic rings. The second kappa shape index (κ2) is 5.94. The fourth-order valence-corrected chi connectivity index (χ4v) is 2.22. The lowest BCUT2D eigenvalue weighted by molar-refractivity contribution is 0.0996. The average Bonchev–Trinajstić information content (AvgIpc) is 2.75. The Bertz CT molecular complexity index is 620. The van der Waals surface area contributed by atoms with Crippen molar-refractivity contribution in [2.75, 3.05) is 13.2 Å². The maximum atomic E-state index is 11.5. The molecule has 1 heterocycles. The van der Waals surface area contributed by atoms with E-state index in [9.17, 15) is 4.79 Å². The summed E-state index contributed by atoms with van der Waals surface area (Å²) in [6.07, 6.45) is 1.53. The van der Waals surface area contributed by atoms with E-state index in [0.29, 0.717) is 28.6 Å².